The van der Waals surface area contributed by atoms with Gasteiger partial charge < -0.3 is 24.2 Å². The third kappa shape index (κ3) is 7.53. The molecule has 2 saturated heterocycles. The highest BCUT2D eigenvalue weighted by Crippen LogP contribution is 2.26. The van der Waals surface area contributed by atoms with E-state index in [-0.39, 0.29) is 11.6 Å². The van der Waals surface area contributed by atoms with E-state index < -0.39 is 0 Å². The molecule has 12 heteroatoms. The lowest BCUT2D eigenvalue weighted by Gasteiger charge is -2.42. The lowest BCUT2D eigenvalue weighted by molar-refractivity contribution is 0.0579. The Morgan fingerprint density at radius 2 is 1.79 bits per heavy atom. The number of amides is 2. The number of ether oxygens (including phenoxy) is 2. The van der Waals surface area contributed by atoms with Gasteiger partial charge >= 0.3 is 6.03 Å². The van der Waals surface area contributed by atoms with Gasteiger partial charge in [0.25, 0.3) is 0 Å². The predicted molar refractivity (Wildman–Crippen MR) is 167 cm³/mol. The molecular weight excluding hydrogens is 546 g/mol. The summed E-state index contributed by atoms with van der Waals surface area (Å²) in [6.07, 6.45) is 5.51. The van der Waals surface area contributed by atoms with Crippen LogP contribution in [-0.2, 0) is 11.3 Å². The molecule has 43 heavy (non-hydrogen) atoms. The highest BCUT2D eigenvalue weighted by molar-refractivity contribution is 5.87. The molecule has 0 N–H and O–H groups in total. The van der Waals surface area contributed by atoms with Crippen LogP contribution >= 0.6 is 0 Å². The normalized spacial score (nSPS) is 16.8. The van der Waals surface area contributed by atoms with E-state index in [2.05, 4.69) is 50.6 Å². The van der Waals surface area contributed by atoms with Crippen molar-refractivity contribution in [3.63, 3.8) is 0 Å². The molecule has 0 aliphatic carbocycles. The molecule has 0 spiro atoms. The number of piperazine rings is 1. The molecule has 2 amide bonds. The van der Waals surface area contributed by atoms with Gasteiger partial charge in [0.15, 0.2) is 5.65 Å². The zero-order valence-corrected chi connectivity index (χ0v) is 26.4. The zero-order chi connectivity index (χ0) is 30.4. The summed E-state index contributed by atoms with van der Waals surface area (Å²) in [7, 11) is 1.76. The minimum absolute atomic E-state index is 0.103. The van der Waals surface area contributed by atoms with Crippen molar-refractivity contribution in [2.24, 2.45) is 5.92 Å². The van der Waals surface area contributed by atoms with Crippen molar-refractivity contribution in [2.75, 3.05) is 77.6 Å². The lowest BCUT2D eigenvalue weighted by atomic mass is 9.94. The first-order valence-electron chi connectivity index (χ1n) is 15.5. The van der Waals surface area contributed by atoms with Gasteiger partial charge in [-0.3, -0.25) is 4.90 Å². The summed E-state index contributed by atoms with van der Waals surface area (Å²) >= 11 is 0. The van der Waals surface area contributed by atoms with Crippen LogP contribution in [0.3, 0.4) is 0 Å². The molecule has 3 aromatic rings. The first-order valence-corrected chi connectivity index (χ1v) is 15.5. The van der Waals surface area contributed by atoms with E-state index in [1.807, 2.05) is 45.8 Å². The van der Waals surface area contributed by atoms with Crippen LogP contribution in [0, 0.1) is 5.92 Å². The fourth-order valence-corrected chi connectivity index (χ4v) is 6.01. The maximum Gasteiger partial charge on any atom is 0.320 e. The van der Waals surface area contributed by atoms with Gasteiger partial charge in [-0.15, -0.1) is 0 Å². The van der Waals surface area contributed by atoms with Crippen molar-refractivity contribution in [3.05, 3.63) is 36.4 Å². The van der Waals surface area contributed by atoms with Crippen LogP contribution in [0.5, 0.6) is 5.88 Å². The molecule has 3 aromatic heterocycles. The zero-order valence-electron chi connectivity index (χ0n) is 26.4. The smallest absolute Gasteiger partial charge is 0.320 e. The van der Waals surface area contributed by atoms with Crippen LogP contribution in [-0.4, -0.2) is 124 Å². The molecule has 0 atom stereocenters. The summed E-state index contributed by atoms with van der Waals surface area (Å²) in [6.45, 7) is 16.9. The Morgan fingerprint density at radius 3 is 2.49 bits per heavy atom. The monoisotopic (exact) mass is 593 g/mol. The third-order valence-electron chi connectivity index (χ3n) is 8.53. The van der Waals surface area contributed by atoms with Gasteiger partial charge in [0, 0.05) is 71.1 Å². The molecule has 0 saturated carbocycles. The van der Waals surface area contributed by atoms with Crippen LogP contribution in [0.15, 0.2) is 30.7 Å². The molecule has 5 rings (SSSR count). The number of hydrogen-bond donors (Lipinski definition) is 0. The summed E-state index contributed by atoms with van der Waals surface area (Å²) in [4.78, 5) is 35.9. The van der Waals surface area contributed by atoms with Gasteiger partial charge in [-0.25, -0.2) is 24.4 Å². The van der Waals surface area contributed by atoms with Gasteiger partial charge in [-0.2, -0.15) is 5.10 Å². The number of rotatable bonds is 10. The van der Waals surface area contributed by atoms with E-state index in [1.165, 1.54) is 0 Å². The Hall–Kier alpha value is -3.51. The fourth-order valence-electron chi connectivity index (χ4n) is 6.01. The molecule has 0 radical (unpaired) electrons. The van der Waals surface area contributed by atoms with Gasteiger partial charge in [-0.1, -0.05) is 6.07 Å². The van der Waals surface area contributed by atoms with Crippen molar-refractivity contribution >= 4 is 22.9 Å². The maximum absolute atomic E-state index is 13.4. The number of pyridine rings is 1. The molecule has 0 aromatic carbocycles. The number of carbonyl (C=O) groups excluding carboxylic acids is 1. The first-order chi connectivity index (χ1) is 20.8. The minimum atomic E-state index is 0.103. The molecule has 2 aliphatic rings. The summed E-state index contributed by atoms with van der Waals surface area (Å²) in [5.41, 5.74) is 1.72. The largest absolute Gasteiger partial charge is 0.478 e. The van der Waals surface area contributed by atoms with E-state index in [9.17, 15) is 4.79 Å². The lowest BCUT2D eigenvalue weighted by Crippen LogP contribution is -2.55. The van der Waals surface area contributed by atoms with Gasteiger partial charge in [-0.05, 0) is 52.5 Å². The van der Waals surface area contributed by atoms with Crippen LogP contribution < -0.4 is 9.64 Å². The van der Waals surface area contributed by atoms with Crippen LogP contribution in [0.4, 0.5) is 10.6 Å². The molecule has 234 valence electrons. The van der Waals surface area contributed by atoms with Crippen molar-refractivity contribution in [2.45, 2.75) is 52.6 Å². The summed E-state index contributed by atoms with van der Waals surface area (Å²) < 4.78 is 12.7. The quantitative estimate of drug-likeness (QED) is 0.350. The Balaban J connectivity index is 1.15. The number of anilines is 1. The maximum atomic E-state index is 13.4. The number of likely N-dealkylation sites (tertiary alicyclic amines) is 1. The van der Waals surface area contributed by atoms with Gasteiger partial charge in [0.2, 0.25) is 5.88 Å². The molecular formula is C31H47N9O3. The molecule has 12 nitrogen and oxygen atoms in total. The number of aromatic nitrogens is 5. The van der Waals surface area contributed by atoms with Crippen molar-refractivity contribution in [3.8, 4) is 5.88 Å². The van der Waals surface area contributed by atoms with E-state index in [0.29, 0.717) is 38.0 Å². The Labute approximate surface area is 255 Å². The van der Waals surface area contributed by atoms with Crippen LogP contribution in [0.1, 0.15) is 46.2 Å². The van der Waals surface area contributed by atoms with E-state index in [0.717, 1.165) is 81.3 Å². The van der Waals surface area contributed by atoms with Crippen molar-refractivity contribution in [1.29, 1.82) is 0 Å². The Morgan fingerprint density at radius 1 is 1.05 bits per heavy atom. The van der Waals surface area contributed by atoms with Crippen molar-refractivity contribution in [1.82, 2.24) is 39.4 Å². The number of hydrogen-bond acceptors (Lipinski definition) is 9. The fraction of sp³-hybridized carbons (Fsp3) is 0.645. The average molecular weight is 594 g/mol. The SMILES string of the molecule is CCOc1cccc(Cn2ncc3c(N4CCN(C(=O)N5CCC(CN(CCOC)C(C)(C)C)CC5)CC4)ncnc32)n1. The predicted octanol–water partition coefficient (Wildman–Crippen LogP) is 3.37. The number of carbonyl (C=O) groups is 1. The number of fused-ring (bicyclic) bond motifs is 1. The number of nitrogens with zero attached hydrogens (tertiary/aromatic N) is 9. The van der Waals surface area contributed by atoms with E-state index in [1.54, 1.807) is 13.4 Å². The average Bonchev–Trinajstić information content (AvgIpc) is 3.42. The second kappa shape index (κ2) is 13.9. The standard InChI is InChI=1S/C31H47N9O3/c1-6-43-27-9-7-8-25(35-27)22-40-29-26(20-34-40)28(32-23-33-29)36-14-16-38(17-15-36)30(41)37-12-10-24(11-13-37)21-39(18-19-42-5)31(2,3)4/h7-9,20,23-24H,6,10-19,21-22H2,1-5H3. The van der Waals surface area contributed by atoms with Crippen LogP contribution in [0.2, 0.25) is 0 Å². The molecule has 0 unspecified atom stereocenters. The second-order valence-corrected chi connectivity index (χ2v) is 12.4. The highest BCUT2D eigenvalue weighted by Gasteiger charge is 2.31. The number of methoxy groups -OCH3 is 1. The van der Waals surface area contributed by atoms with Gasteiger partial charge in [0.05, 0.1) is 37.0 Å². The Bertz CT molecular complexity index is 1340. The molecule has 2 fully saturated rings. The minimum Gasteiger partial charge on any atom is -0.478 e. The van der Waals surface area contributed by atoms with Gasteiger partial charge in [0.1, 0.15) is 12.1 Å². The highest BCUT2D eigenvalue weighted by atomic mass is 16.5. The second-order valence-electron chi connectivity index (χ2n) is 12.4. The van der Waals surface area contributed by atoms with Crippen molar-refractivity contribution < 1.29 is 14.3 Å². The van der Waals surface area contributed by atoms with Crippen LogP contribution in [0.25, 0.3) is 11.0 Å². The number of urea groups is 1. The summed E-state index contributed by atoms with van der Waals surface area (Å²) in [5.74, 6) is 2.06. The number of piperidine rings is 1. The summed E-state index contributed by atoms with van der Waals surface area (Å²) in [6, 6.07) is 5.91. The first kappa shape index (κ1) is 30.9. The Kier molecular flexibility index (Phi) is 9.97. The summed E-state index contributed by atoms with van der Waals surface area (Å²) in [5, 5.41) is 5.51. The third-order valence-corrected chi connectivity index (χ3v) is 8.53. The topological polar surface area (TPSA) is 105 Å². The van der Waals surface area contributed by atoms with E-state index >= 15 is 0 Å². The van der Waals surface area contributed by atoms with E-state index in [4.69, 9.17) is 9.47 Å². The molecule has 2 aliphatic heterocycles. The molecule has 5 heterocycles. The molecule has 0 bridgehead atoms.